The number of rotatable bonds is 2. The molecule has 0 nitrogen and oxygen atoms in total. The summed E-state index contributed by atoms with van der Waals surface area (Å²) < 4.78 is 0. The smallest absolute Gasteiger partial charge is 0.0187 e. The second kappa shape index (κ2) is 4.28. The Morgan fingerprint density at radius 3 is 2.43 bits per heavy atom. The van der Waals surface area contributed by atoms with Crippen LogP contribution in [0.5, 0.6) is 0 Å². The highest BCUT2D eigenvalue weighted by molar-refractivity contribution is 5.74. The van der Waals surface area contributed by atoms with Crippen LogP contribution in [0.3, 0.4) is 0 Å². The summed E-state index contributed by atoms with van der Waals surface area (Å²) in [5, 5.41) is 0. The molecule has 1 aliphatic rings. The lowest BCUT2D eigenvalue weighted by Crippen LogP contribution is -1.86. The van der Waals surface area contributed by atoms with Crippen LogP contribution in [-0.2, 0) is 6.42 Å². The Balaban J connectivity index is 2.24. The maximum Gasteiger partial charge on any atom is -0.0187 e. The lowest BCUT2D eigenvalue weighted by Gasteiger charge is -2.07. The van der Waals surface area contributed by atoms with Crippen molar-refractivity contribution in [1.29, 1.82) is 0 Å². The molecule has 0 aromatic heterocycles. The normalized spacial score (nSPS) is 15.4. The van der Waals surface area contributed by atoms with E-state index in [2.05, 4.69) is 49.4 Å². The number of benzene rings is 1. The van der Waals surface area contributed by atoms with Crippen LogP contribution < -0.4 is 0 Å². The van der Waals surface area contributed by atoms with E-state index in [-0.39, 0.29) is 0 Å². The fourth-order valence-electron chi connectivity index (χ4n) is 1.76. The van der Waals surface area contributed by atoms with E-state index in [4.69, 9.17) is 0 Å². The predicted octanol–water partition coefficient (Wildman–Crippen LogP) is 3.98. The summed E-state index contributed by atoms with van der Waals surface area (Å²) in [5.41, 5.74) is 4.13. The Morgan fingerprint density at radius 1 is 1.07 bits per heavy atom. The molecule has 0 saturated heterocycles. The summed E-state index contributed by atoms with van der Waals surface area (Å²) in [6, 6.07) is 8.89. The molecule has 1 aromatic carbocycles. The first-order chi connectivity index (χ1) is 6.90. The third kappa shape index (κ3) is 1.95. The van der Waals surface area contributed by atoms with Crippen molar-refractivity contribution < 1.29 is 0 Å². The van der Waals surface area contributed by atoms with Crippen LogP contribution in [0.2, 0.25) is 0 Å². The highest BCUT2D eigenvalue weighted by atomic mass is 14.0. The average molecular weight is 184 g/mol. The van der Waals surface area contributed by atoms with Crippen LogP contribution in [-0.4, -0.2) is 0 Å². The molecule has 2 rings (SSSR count). The molecule has 1 aromatic rings. The van der Waals surface area contributed by atoms with Gasteiger partial charge in [-0.3, -0.25) is 0 Å². The number of hydrogen-bond acceptors (Lipinski definition) is 0. The molecule has 14 heavy (non-hydrogen) atoms. The Kier molecular flexibility index (Phi) is 2.83. The summed E-state index contributed by atoms with van der Waals surface area (Å²) in [5.74, 6) is 0. The van der Waals surface area contributed by atoms with E-state index >= 15 is 0 Å². The monoisotopic (exact) mass is 184 g/mol. The first-order valence-corrected chi connectivity index (χ1v) is 5.36. The van der Waals surface area contributed by atoms with Gasteiger partial charge in [0.1, 0.15) is 0 Å². The Hall–Kier alpha value is -1.30. The summed E-state index contributed by atoms with van der Waals surface area (Å²) in [4.78, 5) is 0. The minimum absolute atomic E-state index is 1.12. The van der Waals surface area contributed by atoms with Crippen molar-refractivity contribution in [3.8, 4) is 0 Å². The average Bonchev–Trinajstić information content (AvgIpc) is 2.30. The summed E-state index contributed by atoms with van der Waals surface area (Å²) >= 11 is 0. The van der Waals surface area contributed by atoms with Crippen LogP contribution in [0.4, 0.5) is 0 Å². The van der Waals surface area contributed by atoms with Gasteiger partial charge in [-0.1, -0.05) is 49.4 Å². The summed E-state index contributed by atoms with van der Waals surface area (Å²) in [6.45, 7) is 2.19. The van der Waals surface area contributed by atoms with Gasteiger partial charge in [-0.2, -0.15) is 0 Å². The Bertz CT molecular complexity index is 352. The molecule has 0 aliphatic heterocycles. The van der Waals surface area contributed by atoms with Gasteiger partial charge in [-0.15, -0.1) is 0 Å². The van der Waals surface area contributed by atoms with E-state index in [1.165, 1.54) is 29.5 Å². The molecule has 0 bridgehead atoms. The molecule has 1 aliphatic carbocycles. The third-order valence-electron chi connectivity index (χ3n) is 2.69. The van der Waals surface area contributed by atoms with Gasteiger partial charge in [0, 0.05) is 0 Å². The Labute approximate surface area is 86.0 Å². The molecule has 0 atom stereocenters. The molecule has 0 amide bonds. The standard InChI is InChI=1S/C14H16/c1-2-12-8-10-14(11-9-12)13-6-4-3-5-7-13/h4,6-11H,2-3,5H2,1H3. The molecule has 0 heteroatoms. The van der Waals surface area contributed by atoms with E-state index in [0.29, 0.717) is 0 Å². The number of allylic oxidation sites excluding steroid dienone is 4. The van der Waals surface area contributed by atoms with Crippen molar-refractivity contribution in [2.75, 3.05) is 0 Å². The van der Waals surface area contributed by atoms with Crippen molar-refractivity contribution in [2.45, 2.75) is 26.2 Å². The predicted molar refractivity (Wildman–Crippen MR) is 62.2 cm³/mol. The zero-order chi connectivity index (χ0) is 9.80. The van der Waals surface area contributed by atoms with E-state index in [1.54, 1.807) is 0 Å². The fourth-order valence-corrected chi connectivity index (χ4v) is 1.76. The second-order valence-electron chi connectivity index (χ2n) is 3.69. The maximum atomic E-state index is 2.32. The van der Waals surface area contributed by atoms with Gasteiger partial charge in [-0.25, -0.2) is 0 Å². The quantitative estimate of drug-likeness (QED) is 0.652. The van der Waals surface area contributed by atoms with Crippen LogP contribution in [0.15, 0.2) is 42.5 Å². The summed E-state index contributed by atoms with van der Waals surface area (Å²) in [6.07, 6.45) is 10.3. The number of aryl methyl sites for hydroxylation is 1. The van der Waals surface area contributed by atoms with Crippen molar-refractivity contribution in [2.24, 2.45) is 0 Å². The van der Waals surface area contributed by atoms with E-state index in [1.807, 2.05) is 0 Å². The minimum Gasteiger partial charge on any atom is -0.0836 e. The molecule has 0 fully saturated rings. The van der Waals surface area contributed by atoms with Crippen molar-refractivity contribution in [3.63, 3.8) is 0 Å². The first-order valence-electron chi connectivity index (χ1n) is 5.36. The van der Waals surface area contributed by atoms with Gasteiger partial charge < -0.3 is 0 Å². The molecule has 72 valence electrons. The second-order valence-corrected chi connectivity index (χ2v) is 3.69. The first kappa shape index (κ1) is 9.26. The molecule has 0 heterocycles. The lowest BCUT2D eigenvalue weighted by molar-refractivity contribution is 1.04. The topological polar surface area (TPSA) is 0 Å². The maximum absolute atomic E-state index is 2.32. The van der Waals surface area contributed by atoms with E-state index in [0.717, 1.165) is 6.42 Å². The van der Waals surface area contributed by atoms with Crippen LogP contribution in [0.25, 0.3) is 5.57 Å². The molecule has 0 saturated carbocycles. The summed E-state index contributed by atoms with van der Waals surface area (Å²) in [7, 11) is 0. The van der Waals surface area contributed by atoms with Crippen LogP contribution in [0.1, 0.15) is 30.9 Å². The molecular weight excluding hydrogens is 168 g/mol. The molecule has 0 spiro atoms. The van der Waals surface area contributed by atoms with Gasteiger partial charge in [0.05, 0.1) is 0 Å². The van der Waals surface area contributed by atoms with Gasteiger partial charge >= 0.3 is 0 Å². The highest BCUT2D eigenvalue weighted by Crippen LogP contribution is 2.21. The van der Waals surface area contributed by atoms with Crippen molar-refractivity contribution in [3.05, 3.63) is 53.6 Å². The largest absolute Gasteiger partial charge is 0.0836 e. The number of hydrogen-bond donors (Lipinski definition) is 0. The SMILES string of the molecule is CCc1ccc(C2=CCCC=C2)cc1. The highest BCUT2D eigenvalue weighted by Gasteiger charge is 2.00. The van der Waals surface area contributed by atoms with Gasteiger partial charge in [0.25, 0.3) is 0 Å². The van der Waals surface area contributed by atoms with Crippen molar-refractivity contribution in [1.82, 2.24) is 0 Å². The minimum atomic E-state index is 1.12. The van der Waals surface area contributed by atoms with E-state index < -0.39 is 0 Å². The molecule has 0 N–H and O–H groups in total. The van der Waals surface area contributed by atoms with Gasteiger partial charge in [0.15, 0.2) is 0 Å². The van der Waals surface area contributed by atoms with Gasteiger partial charge in [0.2, 0.25) is 0 Å². The van der Waals surface area contributed by atoms with Crippen LogP contribution in [0, 0.1) is 0 Å². The zero-order valence-corrected chi connectivity index (χ0v) is 8.66. The molecular formula is C14H16. The van der Waals surface area contributed by atoms with Crippen LogP contribution >= 0.6 is 0 Å². The zero-order valence-electron chi connectivity index (χ0n) is 8.66. The molecule has 0 unspecified atom stereocenters. The van der Waals surface area contributed by atoms with Gasteiger partial charge in [-0.05, 0) is 36.0 Å². The van der Waals surface area contributed by atoms with Crippen molar-refractivity contribution >= 4 is 5.57 Å². The third-order valence-corrected chi connectivity index (χ3v) is 2.69. The molecule has 0 radical (unpaired) electrons. The Morgan fingerprint density at radius 2 is 1.86 bits per heavy atom. The van der Waals surface area contributed by atoms with E-state index in [9.17, 15) is 0 Å². The lowest BCUT2D eigenvalue weighted by atomic mass is 9.98. The fraction of sp³-hybridized carbons (Fsp3) is 0.286.